The predicted molar refractivity (Wildman–Crippen MR) is 65.6 cm³/mol. The molecule has 0 aliphatic rings. The second-order valence-electron chi connectivity index (χ2n) is 3.58. The quantitative estimate of drug-likeness (QED) is 0.895. The number of carboxylic acid groups (broad SMARTS) is 1. The number of carbonyl (C=O) groups excluding carboxylic acids is 2. The van der Waals surface area contributed by atoms with Gasteiger partial charge in [-0.2, -0.15) is 0 Å². The maximum Gasteiger partial charge on any atom is 0.258 e. The summed E-state index contributed by atoms with van der Waals surface area (Å²) in [6.07, 6.45) is 0. The molecule has 0 saturated heterocycles. The van der Waals surface area contributed by atoms with E-state index in [2.05, 4.69) is 10.3 Å². The van der Waals surface area contributed by atoms with Crippen LogP contribution in [0.5, 0.6) is 0 Å². The number of benzene rings is 1. The first-order valence-electron chi connectivity index (χ1n) is 5.12. The summed E-state index contributed by atoms with van der Waals surface area (Å²) in [7, 11) is 0. The number of anilines is 1. The summed E-state index contributed by atoms with van der Waals surface area (Å²) < 4.78 is 0. The first-order chi connectivity index (χ1) is 8.58. The Balaban J connectivity index is 2.26. The lowest BCUT2D eigenvalue weighted by Gasteiger charge is -2.09. The average Bonchev–Trinajstić information content (AvgIpc) is 2.74. The zero-order chi connectivity index (χ0) is 13.1. The molecular formula is C12H9N2O3S-. The van der Waals surface area contributed by atoms with Gasteiger partial charge in [-0.3, -0.25) is 10.1 Å². The molecule has 18 heavy (non-hydrogen) atoms. The molecule has 0 atom stereocenters. The molecule has 0 fully saturated rings. The molecular weight excluding hydrogens is 252 g/mol. The Labute approximate surface area is 107 Å². The van der Waals surface area contributed by atoms with Gasteiger partial charge in [-0.1, -0.05) is 18.2 Å². The molecule has 1 aromatic carbocycles. The van der Waals surface area contributed by atoms with E-state index in [1.807, 2.05) is 0 Å². The van der Waals surface area contributed by atoms with Crippen molar-refractivity contribution in [3.05, 3.63) is 46.5 Å². The van der Waals surface area contributed by atoms with E-state index < -0.39 is 11.9 Å². The van der Waals surface area contributed by atoms with Gasteiger partial charge >= 0.3 is 0 Å². The Morgan fingerprint density at radius 2 is 1.94 bits per heavy atom. The van der Waals surface area contributed by atoms with Gasteiger partial charge < -0.3 is 9.90 Å². The largest absolute Gasteiger partial charge is 0.545 e. The molecule has 0 radical (unpaired) electrons. The van der Waals surface area contributed by atoms with Crippen molar-refractivity contribution in [1.29, 1.82) is 0 Å². The molecule has 0 saturated carbocycles. The standard InChI is InChI=1S/C12H10N2O3S/c1-7-6-18-12(13-7)14-10(15)8-4-2-3-5-9(8)11(16)17/h2-6H,1H3,(H,16,17)(H,13,14,15)/p-1. The Kier molecular flexibility index (Phi) is 3.38. The number of carboxylic acids is 1. The molecule has 2 aromatic rings. The fraction of sp³-hybridized carbons (Fsp3) is 0.0833. The highest BCUT2D eigenvalue weighted by Crippen LogP contribution is 2.16. The minimum atomic E-state index is -1.38. The molecule has 1 N–H and O–H groups in total. The topological polar surface area (TPSA) is 82.1 Å². The van der Waals surface area contributed by atoms with Gasteiger partial charge in [0, 0.05) is 16.5 Å². The van der Waals surface area contributed by atoms with Gasteiger partial charge in [0.15, 0.2) is 5.13 Å². The van der Waals surface area contributed by atoms with E-state index in [1.54, 1.807) is 18.4 Å². The SMILES string of the molecule is Cc1csc(NC(=O)c2ccccc2C(=O)[O-])n1. The number of amides is 1. The van der Waals surface area contributed by atoms with Crippen LogP contribution in [-0.2, 0) is 0 Å². The number of rotatable bonds is 3. The average molecular weight is 261 g/mol. The summed E-state index contributed by atoms with van der Waals surface area (Å²) in [6, 6.07) is 5.89. The molecule has 0 spiro atoms. The summed E-state index contributed by atoms with van der Waals surface area (Å²) in [5, 5.41) is 15.7. The Hall–Kier alpha value is -2.21. The van der Waals surface area contributed by atoms with Crippen molar-refractivity contribution in [2.24, 2.45) is 0 Å². The predicted octanol–water partition coefficient (Wildman–Crippen LogP) is 1.07. The van der Waals surface area contributed by atoms with E-state index in [-0.39, 0.29) is 11.1 Å². The summed E-state index contributed by atoms with van der Waals surface area (Å²) in [5.41, 5.74) is 0.720. The highest BCUT2D eigenvalue weighted by molar-refractivity contribution is 7.13. The number of aromatic nitrogens is 1. The molecule has 6 heteroatoms. The number of nitrogens with one attached hydrogen (secondary N) is 1. The fourth-order valence-electron chi connectivity index (χ4n) is 1.43. The van der Waals surface area contributed by atoms with Crippen molar-refractivity contribution < 1.29 is 14.7 Å². The van der Waals surface area contributed by atoms with Crippen LogP contribution in [0.1, 0.15) is 26.4 Å². The van der Waals surface area contributed by atoms with Crippen molar-refractivity contribution in [2.45, 2.75) is 6.92 Å². The molecule has 2 rings (SSSR count). The summed E-state index contributed by atoms with van der Waals surface area (Å²) in [6.45, 7) is 1.81. The summed E-state index contributed by atoms with van der Waals surface area (Å²) in [4.78, 5) is 26.9. The number of aryl methyl sites for hydroxylation is 1. The first-order valence-corrected chi connectivity index (χ1v) is 6.00. The lowest BCUT2D eigenvalue weighted by Crippen LogP contribution is -2.26. The van der Waals surface area contributed by atoms with Crippen molar-refractivity contribution in [2.75, 3.05) is 5.32 Å². The molecule has 0 unspecified atom stereocenters. The van der Waals surface area contributed by atoms with E-state index >= 15 is 0 Å². The Morgan fingerprint density at radius 3 is 2.50 bits per heavy atom. The van der Waals surface area contributed by atoms with Crippen LogP contribution >= 0.6 is 11.3 Å². The Bertz CT molecular complexity index is 607. The molecule has 1 amide bonds. The van der Waals surface area contributed by atoms with Gasteiger partial charge in [-0.25, -0.2) is 4.98 Å². The van der Waals surface area contributed by atoms with Crippen LogP contribution in [0.2, 0.25) is 0 Å². The molecule has 0 aliphatic carbocycles. The van der Waals surface area contributed by atoms with E-state index in [4.69, 9.17) is 0 Å². The highest BCUT2D eigenvalue weighted by atomic mass is 32.1. The minimum absolute atomic E-state index is 0.0605. The third-order valence-corrected chi connectivity index (χ3v) is 3.11. The van der Waals surface area contributed by atoms with Crippen molar-refractivity contribution in [3.63, 3.8) is 0 Å². The van der Waals surface area contributed by atoms with Crippen LogP contribution in [-0.4, -0.2) is 16.9 Å². The van der Waals surface area contributed by atoms with Gasteiger partial charge in [0.1, 0.15) is 0 Å². The Morgan fingerprint density at radius 1 is 1.28 bits per heavy atom. The van der Waals surface area contributed by atoms with Crippen molar-refractivity contribution in [1.82, 2.24) is 4.98 Å². The lowest BCUT2D eigenvalue weighted by molar-refractivity contribution is -0.255. The van der Waals surface area contributed by atoms with Crippen LogP contribution in [0, 0.1) is 6.92 Å². The van der Waals surface area contributed by atoms with E-state index in [0.717, 1.165) is 5.69 Å². The number of hydrogen-bond donors (Lipinski definition) is 1. The van der Waals surface area contributed by atoms with Gasteiger partial charge in [-0.05, 0) is 13.0 Å². The number of carbonyl (C=O) groups is 2. The van der Waals surface area contributed by atoms with Gasteiger partial charge in [-0.15, -0.1) is 11.3 Å². The van der Waals surface area contributed by atoms with Crippen molar-refractivity contribution in [3.8, 4) is 0 Å². The minimum Gasteiger partial charge on any atom is -0.545 e. The van der Waals surface area contributed by atoms with Crippen LogP contribution in [0.25, 0.3) is 0 Å². The van der Waals surface area contributed by atoms with Gasteiger partial charge in [0.2, 0.25) is 0 Å². The van der Waals surface area contributed by atoms with Crippen molar-refractivity contribution >= 4 is 28.3 Å². The molecule has 1 aromatic heterocycles. The van der Waals surface area contributed by atoms with Gasteiger partial charge in [0.25, 0.3) is 5.91 Å². The third kappa shape index (κ3) is 2.54. The lowest BCUT2D eigenvalue weighted by atomic mass is 10.1. The third-order valence-electron chi connectivity index (χ3n) is 2.23. The zero-order valence-electron chi connectivity index (χ0n) is 9.47. The molecule has 0 bridgehead atoms. The van der Waals surface area contributed by atoms with E-state index in [0.29, 0.717) is 5.13 Å². The zero-order valence-corrected chi connectivity index (χ0v) is 10.3. The smallest absolute Gasteiger partial charge is 0.258 e. The highest BCUT2D eigenvalue weighted by Gasteiger charge is 2.12. The maximum atomic E-state index is 11.9. The number of aromatic carboxylic acids is 1. The number of nitrogens with zero attached hydrogens (tertiary/aromatic N) is 1. The second-order valence-corrected chi connectivity index (χ2v) is 4.44. The summed E-state index contributed by atoms with van der Waals surface area (Å²) >= 11 is 1.28. The van der Waals surface area contributed by atoms with E-state index in [9.17, 15) is 14.7 Å². The monoisotopic (exact) mass is 261 g/mol. The molecule has 92 valence electrons. The first kappa shape index (κ1) is 12.3. The van der Waals surface area contributed by atoms with Crippen LogP contribution < -0.4 is 10.4 Å². The normalized spacial score (nSPS) is 10.1. The van der Waals surface area contributed by atoms with E-state index in [1.165, 1.54) is 29.5 Å². The van der Waals surface area contributed by atoms with Gasteiger partial charge in [0.05, 0.1) is 11.7 Å². The van der Waals surface area contributed by atoms with Crippen LogP contribution in [0.3, 0.4) is 0 Å². The molecule has 1 heterocycles. The number of thiazole rings is 1. The summed E-state index contributed by atoms with van der Waals surface area (Å²) in [5.74, 6) is -1.89. The molecule has 0 aliphatic heterocycles. The maximum absolute atomic E-state index is 11.9. The molecule has 5 nitrogen and oxygen atoms in total. The van der Waals surface area contributed by atoms with Crippen LogP contribution in [0.15, 0.2) is 29.6 Å². The number of hydrogen-bond acceptors (Lipinski definition) is 5. The fourth-order valence-corrected chi connectivity index (χ4v) is 2.12. The second kappa shape index (κ2) is 4.97. The van der Waals surface area contributed by atoms with Crippen LogP contribution in [0.4, 0.5) is 5.13 Å².